The van der Waals surface area contributed by atoms with E-state index in [2.05, 4.69) is 109 Å². The van der Waals surface area contributed by atoms with E-state index in [-0.39, 0.29) is 0 Å². The van der Waals surface area contributed by atoms with Crippen LogP contribution in [0.1, 0.15) is 11.1 Å². The highest BCUT2D eigenvalue weighted by molar-refractivity contribution is 6.23. The lowest BCUT2D eigenvalue weighted by Crippen LogP contribution is -1.96. The van der Waals surface area contributed by atoms with Gasteiger partial charge in [0.25, 0.3) is 0 Å². The van der Waals surface area contributed by atoms with Crippen LogP contribution in [0.3, 0.4) is 0 Å². The predicted octanol–water partition coefficient (Wildman–Crippen LogP) is 8.04. The molecule has 0 radical (unpaired) electrons. The summed E-state index contributed by atoms with van der Waals surface area (Å²) in [5.41, 5.74) is 5.48. The van der Waals surface area contributed by atoms with Crippen LogP contribution in [0.25, 0.3) is 43.4 Å². The molecule has 142 valence electrons. The van der Waals surface area contributed by atoms with Gasteiger partial charge in [-0.15, -0.1) is 0 Å². The van der Waals surface area contributed by atoms with Crippen molar-refractivity contribution in [2.75, 3.05) is 0 Å². The molecular formula is C30H22. The molecule has 0 spiro atoms. The molecule has 0 fully saturated rings. The average molecular weight is 383 g/mol. The van der Waals surface area contributed by atoms with Crippen LogP contribution in [0.4, 0.5) is 0 Å². The zero-order valence-electron chi connectivity index (χ0n) is 16.8. The van der Waals surface area contributed by atoms with Crippen LogP contribution in [-0.4, -0.2) is 0 Å². The summed E-state index contributed by atoms with van der Waals surface area (Å²) in [5.74, 6) is 0. The highest BCUT2D eigenvalue weighted by Crippen LogP contribution is 2.36. The second-order valence-electron chi connectivity index (χ2n) is 8.10. The molecule has 0 heteroatoms. The Labute approximate surface area is 176 Å². The molecule has 0 bridgehead atoms. The van der Waals surface area contributed by atoms with Gasteiger partial charge in [-0.1, -0.05) is 109 Å². The topological polar surface area (TPSA) is 0 Å². The van der Waals surface area contributed by atoms with E-state index in [0.717, 1.165) is 12.8 Å². The Kier molecular flexibility index (Phi) is 4.02. The molecule has 0 heterocycles. The van der Waals surface area contributed by atoms with E-state index >= 15 is 0 Å². The molecule has 6 rings (SSSR count). The van der Waals surface area contributed by atoms with Crippen molar-refractivity contribution < 1.29 is 0 Å². The predicted molar refractivity (Wildman–Crippen MR) is 129 cm³/mol. The van der Waals surface area contributed by atoms with Gasteiger partial charge < -0.3 is 0 Å². The second-order valence-corrected chi connectivity index (χ2v) is 8.10. The largest absolute Gasteiger partial charge is 0.0622 e. The van der Waals surface area contributed by atoms with Gasteiger partial charge in [-0.2, -0.15) is 0 Å². The van der Waals surface area contributed by atoms with Crippen LogP contribution in [0.15, 0.2) is 109 Å². The first kappa shape index (κ1) is 17.2. The highest BCUT2D eigenvalue weighted by Gasteiger charge is 2.11. The first-order chi connectivity index (χ1) is 14.9. The summed E-state index contributed by atoms with van der Waals surface area (Å²) in [4.78, 5) is 0. The van der Waals surface area contributed by atoms with Gasteiger partial charge >= 0.3 is 0 Å². The zero-order valence-corrected chi connectivity index (χ0v) is 16.8. The minimum absolute atomic E-state index is 1.04. The molecule has 0 N–H and O–H groups in total. The molecule has 0 aliphatic carbocycles. The molecule has 0 nitrogen and oxygen atoms in total. The normalized spacial score (nSPS) is 11.6. The van der Waals surface area contributed by atoms with E-state index in [1.165, 1.54) is 54.6 Å². The van der Waals surface area contributed by atoms with Crippen LogP contribution in [0.5, 0.6) is 0 Å². The van der Waals surface area contributed by atoms with Crippen LogP contribution in [0.2, 0.25) is 0 Å². The van der Waals surface area contributed by atoms with Gasteiger partial charge in [0, 0.05) is 0 Å². The zero-order chi connectivity index (χ0) is 19.9. The van der Waals surface area contributed by atoms with Crippen molar-refractivity contribution in [1.82, 2.24) is 0 Å². The summed E-state index contributed by atoms with van der Waals surface area (Å²) < 4.78 is 0. The lowest BCUT2D eigenvalue weighted by atomic mass is 9.89. The van der Waals surface area contributed by atoms with Gasteiger partial charge in [-0.25, -0.2) is 0 Å². The maximum atomic E-state index is 2.33. The monoisotopic (exact) mass is 382 g/mol. The average Bonchev–Trinajstić information content (AvgIpc) is 2.82. The highest BCUT2D eigenvalue weighted by atomic mass is 14.2. The number of aryl methyl sites for hydroxylation is 2. The van der Waals surface area contributed by atoms with E-state index in [4.69, 9.17) is 0 Å². The first-order valence-corrected chi connectivity index (χ1v) is 10.7. The molecule has 6 aromatic carbocycles. The standard InChI is InChI=1S/C30H22/c1-2-7-21(8-3-1)27-12-5-4-9-22(27)13-14-23-15-16-26-18-17-24-10-6-11-25-19-20-28(23)30(26)29(24)25/h1-12,15-20H,13-14H2. The summed E-state index contributed by atoms with van der Waals surface area (Å²) >= 11 is 0. The van der Waals surface area contributed by atoms with Crippen LogP contribution >= 0.6 is 0 Å². The molecule has 6 aromatic rings. The SMILES string of the molecule is c1ccc(-c2ccccc2CCc2ccc3ccc4cccc5ccc2c3c45)cc1. The Hall–Kier alpha value is -3.64. The number of hydrogen-bond acceptors (Lipinski definition) is 0. The minimum Gasteiger partial charge on any atom is -0.0622 e. The van der Waals surface area contributed by atoms with Crippen LogP contribution in [-0.2, 0) is 12.8 Å². The van der Waals surface area contributed by atoms with Crippen molar-refractivity contribution in [3.05, 3.63) is 120 Å². The summed E-state index contributed by atoms with van der Waals surface area (Å²) in [7, 11) is 0. The fourth-order valence-corrected chi connectivity index (χ4v) is 4.92. The number of benzene rings is 6. The quantitative estimate of drug-likeness (QED) is 0.271. The molecule has 0 aliphatic rings. The number of hydrogen-bond donors (Lipinski definition) is 0. The Morgan fingerprint density at radius 1 is 0.400 bits per heavy atom. The van der Waals surface area contributed by atoms with Crippen molar-refractivity contribution in [3.63, 3.8) is 0 Å². The van der Waals surface area contributed by atoms with Gasteiger partial charge in [0.1, 0.15) is 0 Å². The fourth-order valence-electron chi connectivity index (χ4n) is 4.92. The van der Waals surface area contributed by atoms with Crippen molar-refractivity contribution in [2.45, 2.75) is 12.8 Å². The minimum atomic E-state index is 1.04. The Balaban J connectivity index is 1.44. The molecular weight excluding hydrogens is 360 g/mol. The van der Waals surface area contributed by atoms with Gasteiger partial charge in [0.15, 0.2) is 0 Å². The van der Waals surface area contributed by atoms with E-state index in [1.807, 2.05) is 0 Å². The lowest BCUT2D eigenvalue weighted by Gasteiger charge is -2.15. The third-order valence-electron chi connectivity index (χ3n) is 6.38. The van der Waals surface area contributed by atoms with E-state index < -0.39 is 0 Å². The van der Waals surface area contributed by atoms with E-state index in [0.29, 0.717) is 0 Å². The maximum absolute atomic E-state index is 2.33. The summed E-state index contributed by atoms with van der Waals surface area (Å²) in [6, 6.07) is 39.9. The van der Waals surface area contributed by atoms with Crippen molar-refractivity contribution >= 4 is 32.3 Å². The Bertz CT molecular complexity index is 1460. The molecule has 0 saturated heterocycles. The summed E-state index contributed by atoms with van der Waals surface area (Å²) in [6.07, 6.45) is 2.08. The number of rotatable bonds is 4. The molecule has 0 aromatic heterocycles. The maximum Gasteiger partial charge on any atom is -0.00240 e. The van der Waals surface area contributed by atoms with Crippen molar-refractivity contribution in [3.8, 4) is 11.1 Å². The Morgan fingerprint density at radius 2 is 1.03 bits per heavy atom. The summed E-state index contributed by atoms with van der Waals surface area (Å²) in [5, 5.41) is 8.21. The molecule has 0 atom stereocenters. The second kappa shape index (κ2) is 7.00. The molecule has 0 unspecified atom stereocenters. The summed E-state index contributed by atoms with van der Waals surface area (Å²) in [6.45, 7) is 0. The van der Waals surface area contributed by atoms with Gasteiger partial charge in [0.2, 0.25) is 0 Å². The molecule has 0 amide bonds. The fraction of sp³-hybridized carbons (Fsp3) is 0.0667. The van der Waals surface area contributed by atoms with Gasteiger partial charge in [-0.05, 0) is 67.4 Å². The molecule has 0 aliphatic heterocycles. The smallest absolute Gasteiger partial charge is 0.00240 e. The molecule has 30 heavy (non-hydrogen) atoms. The van der Waals surface area contributed by atoms with Crippen LogP contribution < -0.4 is 0 Å². The Morgan fingerprint density at radius 3 is 1.87 bits per heavy atom. The van der Waals surface area contributed by atoms with Crippen molar-refractivity contribution in [1.29, 1.82) is 0 Å². The van der Waals surface area contributed by atoms with E-state index in [9.17, 15) is 0 Å². The third kappa shape index (κ3) is 2.76. The van der Waals surface area contributed by atoms with Crippen LogP contribution in [0, 0.1) is 0 Å². The van der Waals surface area contributed by atoms with E-state index in [1.54, 1.807) is 0 Å². The van der Waals surface area contributed by atoms with Crippen molar-refractivity contribution in [2.24, 2.45) is 0 Å². The first-order valence-electron chi connectivity index (χ1n) is 10.7. The van der Waals surface area contributed by atoms with Gasteiger partial charge in [-0.3, -0.25) is 0 Å². The third-order valence-corrected chi connectivity index (χ3v) is 6.38. The van der Waals surface area contributed by atoms with Gasteiger partial charge in [0.05, 0.1) is 0 Å². The molecule has 0 saturated carbocycles. The lowest BCUT2D eigenvalue weighted by molar-refractivity contribution is 0.971.